The molecule has 0 radical (unpaired) electrons. The maximum Gasteiger partial charge on any atom is 0.469 e. The minimum atomic E-state index is -4.71. The van der Waals surface area contributed by atoms with E-state index in [0.717, 1.165) is 44.9 Å². The van der Waals surface area contributed by atoms with Crippen LogP contribution in [0.15, 0.2) is 24.3 Å². The van der Waals surface area contributed by atoms with Gasteiger partial charge < -0.3 is 19.3 Å². The third-order valence-electron chi connectivity index (χ3n) is 4.53. The number of unbranched alkanes of at least 4 members (excludes halogenated alkanes) is 7. The Labute approximate surface area is 192 Å². The quantitative estimate of drug-likeness (QED) is 0.104. The summed E-state index contributed by atoms with van der Waals surface area (Å²) >= 11 is 0. The van der Waals surface area contributed by atoms with E-state index in [2.05, 4.69) is 35.8 Å². The van der Waals surface area contributed by atoms with Crippen molar-refractivity contribution in [2.75, 3.05) is 13.2 Å². The molecule has 1 unspecified atom stereocenters. The lowest BCUT2D eigenvalue weighted by Gasteiger charge is -2.18. The predicted octanol–water partition coefficient (Wildman–Crippen LogP) is 5.38. The molecular weight excluding hydrogens is 435 g/mol. The second-order valence-electron chi connectivity index (χ2n) is 7.56. The Hall–Kier alpha value is -1.47. The number of phosphoric acid groups is 1. The van der Waals surface area contributed by atoms with E-state index in [1.807, 2.05) is 0 Å². The van der Waals surface area contributed by atoms with Crippen LogP contribution in [0.2, 0.25) is 0 Å². The van der Waals surface area contributed by atoms with Crippen LogP contribution in [0, 0.1) is 0 Å². The number of esters is 2. The molecule has 0 aliphatic rings. The van der Waals surface area contributed by atoms with Gasteiger partial charge in [0.1, 0.15) is 6.61 Å². The Morgan fingerprint density at radius 2 is 1.47 bits per heavy atom. The van der Waals surface area contributed by atoms with Gasteiger partial charge in [0.2, 0.25) is 0 Å². The normalized spacial score (nSPS) is 13.0. The zero-order valence-corrected chi connectivity index (χ0v) is 20.5. The van der Waals surface area contributed by atoms with E-state index in [1.165, 1.54) is 12.8 Å². The van der Waals surface area contributed by atoms with Crippen LogP contribution < -0.4 is 0 Å². The molecule has 8 nitrogen and oxygen atoms in total. The van der Waals surface area contributed by atoms with E-state index >= 15 is 0 Å². The van der Waals surface area contributed by atoms with Crippen LogP contribution in [0.1, 0.15) is 90.9 Å². The number of carbonyl (C=O) groups excluding carboxylic acids is 2. The first kappa shape index (κ1) is 30.5. The van der Waals surface area contributed by atoms with Gasteiger partial charge in [-0.25, -0.2) is 4.57 Å². The summed E-state index contributed by atoms with van der Waals surface area (Å²) in [7, 11) is -4.71. The number of ether oxygens (including phenoxy) is 2. The Balaban J connectivity index is 3.91. The van der Waals surface area contributed by atoms with E-state index < -0.39 is 32.5 Å². The molecule has 0 rings (SSSR count). The maximum absolute atomic E-state index is 12.0. The van der Waals surface area contributed by atoms with Crippen molar-refractivity contribution in [3.8, 4) is 0 Å². The molecule has 0 bridgehead atoms. The monoisotopic (exact) mass is 476 g/mol. The highest BCUT2D eigenvalue weighted by Gasteiger charge is 2.22. The Bertz CT molecular complexity index is 597. The van der Waals surface area contributed by atoms with Crippen molar-refractivity contribution >= 4 is 19.8 Å². The number of allylic oxidation sites excluding steroid dienone is 4. The number of rotatable bonds is 20. The van der Waals surface area contributed by atoms with Crippen LogP contribution in [0.25, 0.3) is 0 Å². The van der Waals surface area contributed by atoms with Gasteiger partial charge in [-0.1, -0.05) is 70.3 Å². The molecule has 186 valence electrons. The minimum Gasteiger partial charge on any atom is -0.462 e. The minimum absolute atomic E-state index is 0.145. The molecule has 0 spiro atoms. The Kier molecular flexibility index (Phi) is 19.2. The first-order valence-electron chi connectivity index (χ1n) is 11.6. The second kappa shape index (κ2) is 20.2. The Morgan fingerprint density at radius 1 is 0.844 bits per heavy atom. The van der Waals surface area contributed by atoms with Crippen molar-refractivity contribution in [1.29, 1.82) is 0 Å². The van der Waals surface area contributed by atoms with Crippen molar-refractivity contribution in [2.24, 2.45) is 0 Å². The van der Waals surface area contributed by atoms with E-state index in [0.29, 0.717) is 6.42 Å². The van der Waals surface area contributed by atoms with Gasteiger partial charge in [-0.05, 0) is 32.1 Å². The van der Waals surface area contributed by atoms with E-state index in [4.69, 9.17) is 19.3 Å². The van der Waals surface area contributed by atoms with Gasteiger partial charge in [0.05, 0.1) is 6.61 Å². The smallest absolute Gasteiger partial charge is 0.462 e. The summed E-state index contributed by atoms with van der Waals surface area (Å²) in [6.45, 7) is 2.95. The standard InChI is InChI=1S/C23H41O8P/c1-3-5-6-7-8-9-10-11-12-13-14-15-16-17-18-23(25)31-21(19-29-22(24)4-2)20-30-32(26,27)28/h7-8,10-11,21H,3-6,9,12-20H2,1-2H3,(H2,26,27,28)/b8-7-,11-10-. The zero-order valence-electron chi connectivity index (χ0n) is 19.6. The molecule has 0 amide bonds. The fourth-order valence-electron chi connectivity index (χ4n) is 2.72. The van der Waals surface area contributed by atoms with Crippen LogP contribution in [0.5, 0.6) is 0 Å². The first-order valence-corrected chi connectivity index (χ1v) is 13.2. The zero-order chi connectivity index (χ0) is 24.1. The highest BCUT2D eigenvalue weighted by Crippen LogP contribution is 2.35. The molecule has 0 heterocycles. The third kappa shape index (κ3) is 21.8. The van der Waals surface area contributed by atoms with Crippen molar-refractivity contribution in [2.45, 2.75) is 97.0 Å². The average molecular weight is 477 g/mol. The lowest BCUT2D eigenvalue weighted by atomic mass is 10.1. The fraction of sp³-hybridized carbons (Fsp3) is 0.739. The molecule has 0 saturated carbocycles. The van der Waals surface area contributed by atoms with Gasteiger partial charge in [-0.3, -0.25) is 14.1 Å². The van der Waals surface area contributed by atoms with Crippen LogP contribution >= 0.6 is 7.82 Å². The number of hydrogen-bond acceptors (Lipinski definition) is 6. The average Bonchev–Trinajstić information content (AvgIpc) is 2.74. The molecule has 0 aliphatic heterocycles. The third-order valence-corrected chi connectivity index (χ3v) is 5.01. The summed E-state index contributed by atoms with van der Waals surface area (Å²) in [4.78, 5) is 40.8. The molecule has 0 aromatic rings. The lowest BCUT2D eigenvalue weighted by Crippen LogP contribution is -2.29. The number of hydrogen-bond donors (Lipinski definition) is 2. The number of phosphoric ester groups is 1. The van der Waals surface area contributed by atoms with Gasteiger partial charge in [0.25, 0.3) is 0 Å². The van der Waals surface area contributed by atoms with E-state index in [9.17, 15) is 14.2 Å². The summed E-state index contributed by atoms with van der Waals surface area (Å²) in [6.07, 6.45) is 18.6. The lowest BCUT2D eigenvalue weighted by molar-refractivity contribution is -0.161. The van der Waals surface area contributed by atoms with E-state index in [1.54, 1.807) is 6.92 Å². The summed E-state index contributed by atoms with van der Waals surface area (Å²) < 4.78 is 25.3. The van der Waals surface area contributed by atoms with Gasteiger partial charge in [0, 0.05) is 12.8 Å². The maximum atomic E-state index is 12.0. The SMILES string of the molecule is CCCC/C=C\C/C=C\CCCCCCCC(=O)OC(COC(=O)CC)COP(=O)(O)O. The summed E-state index contributed by atoms with van der Waals surface area (Å²) in [6, 6.07) is 0. The summed E-state index contributed by atoms with van der Waals surface area (Å²) in [5.41, 5.74) is 0. The molecule has 0 fully saturated rings. The van der Waals surface area contributed by atoms with Crippen LogP contribution in [-0.2, 0) is 28.2 Å². The molecule has 2 N–H and O–H groups in total. The molecule has 0 saturated heterocycles. The molecule has 0 aromatic heterocycles. The van der Waals surface area contributed by atoms with E-state index in [-0.39, 0.29) is 19.4 Å². The molecular formula is C23H41O8P. The van der Waals surface area contributed by atoms with Crippen molar-refractivity contribution in [3.05, 3.63) is 24.3 Å². The van der Waals surface area contributed by atoms with Gasteiger partial charge in [-0.15, -0.1) is 0 Å². The van der Waals surface area contributed by atoms with Gasteiger partial charge >= 0.3 is 19.8 Å². The largest absolute Gasteiger partial charge is 0.469 e. The Morgan fingerprint density at radius 3 is 2.09 bits per heavy atom. The molecule has 9 heteroatoms. The predicted molar refractivity (Wildman–Crippen MR) is 124 cm³/mol. The van der Waals surface area contributed by atoms with Crippen LogP contribution in [0.3, 0.4) is 0 Å². The van der Waals surface area contributed by atoms with Crippen LogP contribution in [0.4, 0.5) is 0 Å². The second-order valence-corrected chi connectivity index (χ2v) is 8.80. The van der Waals surface area contributed by atoms with Crippen molar-refractivity contribution in [1.82, 2.24) is 0 Å². The number of carbonyl (C=O) groups is 2. The summed E-state index contributed by atoms with van der Waals surface area (Å²) in [5, 5.41) is 0. The van der Waals surface area contributed by atoms with Gasteiger partial charge in [-0.2, -0.15) is 0 Å². The fourth-order valence-corrected chi connectivity index (χ4v) is 3.08. The molecule has 0 aliphatic carbocycles. The van der Waals surface area contributed by atoms with Crippen molar-refractivity contribution in [3.63, 3.8) is 0 Å². The molecule has 32 heavy (non-hydrogen) atoms. The highest BCUT2D eigenvalue weighted by atomic mass is 31.2. The van der Waals surface area contributed by atoms with Crippen molar-refractivity contribution < 1.29 is 37.9 Å². The first-order chi connectivity index (χ1) is 15.3. The molecule has 1 atom stereocenters. The van der Waals surface area contributed by atoms with Gasteiger partial charge in [0.15, 0.2) is 6.10 Å². The highest BCUT2D eigenvalue weighted by molar-refractivity contribution is 7.46. The molecule has 0 aromatic carbocycles. The topological polar surface area (TPSA) is 119 Å². The summed E-state index contributed by atoms with van der Waals surface area (Å²) in [5.74, 6) is -1.01. The van der Waals surface area contributed by atoms with Crippen LogP contribution in [-0.4, -0.2) is 41.0 Å².